The van der Waals surface area contributed by atoms with Gasteiger partial charge in [0.15, 0.2) is 0 Å². The van der Waals surface area contributed by atoms with Gasteiger partial charge in [-0.15, -0.1) is 0 Å². The standard InChI is InChI=1S/C12H20N4O/c1-2-16(11-5-3-6-13-9-11)12(17)10-15-8-4-7-14-15/h4,7-8,11,13H,2-3,5-6,9-10H2,1H3. The quantitative estimate of drug-likeness (QED) is 0.827. The molecule has 2 heterocycles. The lowest BCUT2D eigenvalue weighted by molar-refractivity contribution is -0.134. The van der Waals surface area contributed by atoms with Crippen LogP contribution >= 0.6 is 0 Å². The Kier molecular flexibility index (Phi) is 4.14. The molecule has 1 amide bonds. The van der Waals surface area contributed by atoms with Crippen LogP contribution in [0.2, 0.25) is 0 Å². The van der Waals surface area contributed by atoms with E-state index < -0.39 is 0 Å². The van der Waals surface area contributed by atoms with Crippen molar-refractivity contribution in [2.75, 3.05) is 19.6 Å². The average molecular weight is 236 g/mol. The largest absolute Gasteiger partial charge is 0.337 e. The first-order valence-electron chi connectivity index (χ1n) is 6.29. The molecule has 1 N–H and O–H groups in total. The van der Waals surface area contributed by atoms with Gasteiger partial charge in [0.2, 0.25) is 5.91 Å². The van der Waals surface area contributed by atoms with E-state index in [4.69, 9.17) is 0 Å². The van der Waals surface area contributed by atoms with Crippen LogP contribution in [0.3, 0.4) is 0 Å². The van der Waals surface area contributed by atoms with Crippen molar-refractivity contribution in [1.29, 1.82) is 0 Å². The average Bonchev–Trinajstić information content (AvgIpc) is 2.84. The molecule has 1 aromatic rings. The van der Waals surface area contributed by atoms with E-state index in [2.05, 4.69) is 10.4 Å². The van der Waals surface area contributed by atoms with Crippen LogP contribution in [0.15, 0.2) is 18.5 Å². The van der Waals surface area contributed by atoms with E-state index in [1.165, 1.54) is 0 Å². The molecule has 0 bridgehead atoms. The predicted octanol–water partition coefficient (Wildman–Crippen LogP) is 0.484. The van der Waals surface area contributed by atoms with Crippen molar-refractivity contribution in [3.05, 3.63) is 18.5 Å². The lowest BCUT2D eigenvalue weighted by Crippen LogP contribution is -2.49. The first-order valence-corrected chi connectivity index (χ1v) is 6.29. The molecule has 17 heavy (non-hydrogen) atoms. The maximum absolute atomic E-state index is 12.2. The zero-order chi connectivity index (χ0) is 12.1. The fourth-order valence-electron chi connectivity index (χ4n) is 2.36. The van der Waals surface area contributed by atoms with Crippen molar-refractivity contribution >= 4 is 5.91 Å². The monoisotopic (exact) mass is 236 g/mol. The summed E-state index contributed by atoms with van der Waals surface area (Å²) < 4.78 is 1.68. The van der Waals surface area contributed by atoms with Gasteiger partial charge in [0, 0.05) is 31.5 Å². The molecule has 1 aromatic heterocycles. The number of nitrogens with zero attached hydrogens (tertiary/aromatic N) is 3. The van der Waals surface area contributed by atoms with Crippen molar-refractivity contribution < 1.29 is 4.79 Å². The van der Waals surface area contributed by atoms with Gasteiger partial charge in [-0.2, -0.15) is 5.10 Å². The van der Waals surface area contributed by atoms with E-state index in [1.54, 1.807) is 10.9 Å². The van der Waals surface area contributed by atoms with E-state index in [0.717, 1.165) is 32.5 Å². The van der Waals surface area contributed by atoms with Crippen molar-refractivity contribution in [2.45, 2.75) is 32.4 Å². The normalized spacial score (nSPS) is 20.2. The minimum atomic E-state index is 0.157. The zero-order valence-corrected chi connectivity index (χ0v) is 10.3. The summed E-state index contributed by atoms with van der Waals surface area (Å²) in [7, 11) is 0. The fourth-order valence-corrected chi connectivity index (χ4v) is 2.36. The number of amides is 1. The lowest BCUT2D eigenvalue weighted by atomic mass is 10.1. The summed E-state index contributed by atoms with van der Waals surface area (Å²) in [5.74, 6) is 0.157. The molecule has 2 rings (SSSR count). The second-order valence-electron chi connectivity index (χ2n) is 4.38. The van der Waals surface area contributed by atoms with Gasteiger partial charge in [-0.1, -0.05) is 0 Å². The minimum Gasteiger partial charge on any atom is -0.337 e. The van der Waals surface area contributed by atoms with E-state index in [9.17, 15) is 4.79 Å². The van der Waals surface area contributed by atoms with E-state index in [1.807, 2.05) is 24.1 Å². The summed E-state index contributed by atoms with van der Waals surface area (Å²) in [6.07, 6.45) is 5.78. The molecule has 0 radical (unpaired) electrons. The summed E-state index contributed by atoms with van der Waals surface area (Å²) in [4.78, 5) is 14.1. The number of likely N-dealkylation sites (N-methyl/N-ethyl adjacent to an activating group) is 1. The van der Waals surface area contributed by atoms with Crippen molar-refractivity contribution in [3.63, 3.8) is 0 Å². The first-order chi connectivity index (χ1) is 8.31. The number of carbonyl (C=O) groups is 1. The Morgan fingerprint density at radius 3 is 3.12 bits per heavy atom. The van der Waals surface area contributed by atoms with Crippen LogP contribution in [-0.2, 0) is 11.3 Å². The summed E-state index contributed by atoms with van der Waals surface area (Å²) in [5, 5.41) is 7.42. The highest BCUT2D eigenvalue weighted by molar-refractivity contribution is 5.76. The van der Waals surface area contributed by atoms with Gasteiger partial charge in [0.05, 0.1) is 0 Å². The third-order valence-electron chi connectivity index (χ3n) is 3.23. The van der Waals surface area contributed by atoms with Gasteiger partial charge in [0.1, 0.15) is 6.54 Å². The molecule has 1 aliphatic rings. The maximum Gasteiger partial charge on any atom is 0.244 e. The lowest BCUT2D eigenvalue weighted by Gasteiger charge is -2.34. The number of carbonyl (C=O) groups excluding carboxylic acids is 1. The van der Waals surface area contributed by atoms with Crippen molar-refractivity contribution in [2.24, 2.45) is 0 Å². The molecule has 94 valence electrons. The van der Waals surface area contributed by atoms with E-state index in [0.29, 0.717) is 12.6 Å². The van der Waals surface area contributed by atoms with Crippen LogP contribution < -0.4 is 5.32 Å². The third-order valence-corrected chi connectivity index (χ3v) is 3.23. The van der Waals surface area contributed by atoms with Crippen molar-refractivity contribution in [1.82, 2.24) is 20.0 Å². The highest BCUT2D eigenvalue weighted by atomic mass is 16.2. The molecular formula is C12H20N4O. The molecule has 1 fully saturated rings. The number of hydrogen-bond acceptors (Lipinski definition) is 3. The Balaban J connectivity index is 1.94. The van der Waals surface area contributed by atoms with Crippen LogP contribution in [0.25, 0.3) is 0 Å². The van der Waals surface area contributed by atoms with Gasteiger partial charge in [-0.05, 0) is 32.4 Å². The van der Waals surface area contributed by atoms with E-state index in [-0.39, 0.29) is 5.91 Å². The van der Waals surface area contributed by atoms with Crippen LogP contribution in [0.1, 0.15) is 19.8 Å². The number of aromatic nitrogens is 2. The molecule has 0 saturated carbocycles. The molecule has 0 spiro atoms. The molecule has 1 saturated heterocycles. The van der Waals surface area contributed by atoms with Crippen LogP contribution in [0.4, 0.5) is 0 Å². The molecular weight excluding hydrogens is 216 g/mol. The first kappa shape index (κ1) is 12.1. The minimum absolute atomic E-state index is 0.157. The number of rotatable bonds is 4. The van der Waals surface area contributed by atoms with E-state index >= 15 is 0 Å². The van der Waals surface area contributed by atoms with Gasteiger partial charge in [0.25, 0.3) is 0 Å². The second kappa shape index (κ2) is 5.82. The Morgan fingerprint density at radius 1 is 1.65 bits per heavy atom. The molecule has 0 aromatic carbocycles. The Hall–Kier alpha value is -1.36. The highest BCUT2D eigenvalue weighted by Gasteiger charge is 2.23. The predicted molar refractivity (Wildman–Crippen MR) is 65.5 cm³/mol. The zero-order valence-electron chi connectivity index (χ0n) is 10.3. The van der Waals surface area contributed by atoms with Crippen LogP contribution in [0.5, 0.6) is 0 Å². The summed E-state index contributed by atoms with van der Waals surface area (Å²) >= 11 is 0. The van der Waals surface area contributed by atoms with Crippen LogP contribution in [-0.4, -0.2) is 46.3 Å². The Morgan fingerprint density at radius 2 is 2.53 bits per heavy atom. The number of nitrogens with one attached hydrogen (secondary N) is 1. The summed E-state index contributed by atoms with van der Waals surface area (Å²) in [5.41, 5.74) is 0. The SMILES string of the molecule is CCN(C(=O)Cn1cccn1)C1CCCNC1. The topological polar surface area (TPSA) is 50.2 Å². The molecule has 0 aliphatic carbocycles. The Bertz CT molecular complexity index is 343. The molecule has 5 heteroatoms. The summed E-state index contributed by atoms with van der Waals surface area (Å²) in [6.45, 7) is 5.14. The second-order valence-corrected chi connectivity index (χ2v) is 4.38. The van der Waals surface area contributed by atoms with Gasteiger partial charge < -0.3 is 10.2 Å². The highest BCUT2D eigenvalue weighted by Crippen LogP contribution is 2.10. The smallest absolute Gasteiger partial charge is 0.244 e. The Labute approximate surface area is 102 Å². The number of hydrogen-bond donors (Lipinski definition) is 1. The molecule has 5 nitrogen and oxygen atoms in total. The third kappa shape index (κ3) is 3.06. The molecule has 1 aliphatic heterocycles. The molecule has 1 unspecified atom stereocenters. The summed E-state index contributed by atoms with van der Waals surface area (Å²) in [6, 6.07) is 2.18. The number of piperidine rings is 1. The fraction of sp³-hybridized carbons (Fsp3) is 0.667. The van der Waals surface area contributed by atoms with Gasteiger partial charge >= 0.3 is 0 Å². The maximum atomic E-state index is 12.2. The van der Waals surface area contributed by atoms with Crippen molar-refractivity contribution in [3.8, 4) is 0 Å². The van der Waals surface area contributed by atoms with Gasteiger partial charge in [-0.3, -0.25) is 9.48 Å². The van der Waals surface area contributed by atoms with Crippen LogP contribution in [0, 0.1) is 0 Å². The van der Waals surface area contributed by atoms with Gasteiger partial charge in [-0.25, -0.2) is 0 Å². The molecule has 1 atom stereocenters.